The first-order chi connectivity index (χ1) is 8.32. The van der Waals surface area contributed by atoms with E-state index in [4.69, 9.17) is 5.73 Å². The van der Waals surface area contributed by atoms with Gasteiger partial charge in [0.05, 0.1) is 12.9 Å². The van der Waals surface area contributed by atoms with E-state index in [9.17, 15) is 9.59 Å². The molecule has 106 valence electrons. The van der Waals surface area contributed by atoms with E-state index in [-0.39, 0.29) is 11.4 Å². The summed E-state index contributed by atoms with van der Waals surface area (Å²) in [6.07, 6.45) is 1.40. The lowest BCUT2D eigenvalue weighted by Gasteiger charge is -2.24. The summed E-state index contributed by atoms with van der Waals surface area (Å²) in [4.78, 5) is 22.6. The molecule has 1 unspecified atom stereocenters. The molecule has 18 heavy (non-hydrogen) atoms. The molecule has 0 aromatic heterocycles. The molecule has 1 amide bonds. The topological polar surface area (TPSA) is 81.4 Å². The number of nitrogens with two attached hydrogens (primary N) is 1. The van der Waals surface area contributed by atoms with E-state index >= 15 is 0 Å². The van der Waals surface area contributed by atoms with Crippen LogP contribution in [-0.4, -0.2) is 42.1 Å². The Hall–Kier alpha value is -0.750. The predicted octanol–water partition coefficient (Wildman–Crippen LogP) is 0.915. The monoisotopic (exact) mass is 276 g/mol. The summed E-state index contributed by atoms with van der Waals surface area (Å²) >= 11 is 1.47. The second-order valence-electron chi connectivity index (χ2n) is 4.76. The summed E-state index contributed by atoms with van der Waals surface area (Å²) in [7, 11) is 1.32. The van der Waals surface area contributed by atoms with Gasteiger partial charge >= 0.3 is 5.97 Å². The molecule has 0 fully saturated rings. The molecule has 0 aliphatic heterocycles. The second kappa shape index (κ2) is 8.37. The number of rotatable bonds is 8. The van der Waals surface area contributed by atoms with Crippen LogP contribution in [0.15, 0.2) is 0 Å². The number of methoxy groups -OCH3 is 1. The van der Waals surface area contributed by atoms with Crippen LogP contribution < -0.4 is 11.1 Å². The summed E-state index contributed by atoms with van der Waals surface area (Å²) in [5.74, 6) is 0.652. The van der Waals surface area contributed by atoms with Crippen LogP contribution in [0.25, 0.3) is 0 Å². The van der Waals surface area contributed by atoms with Gasteiger partial charge in [0.25, 0.3) is 0 Å². The highest BCUT2D eigenvalue weighted by Crippen LogP contribution is 2.09. The van der Waals surface area contributed by atoms with Crippen molar-refractivity contribution in [1.82, 2.24) is 5.32 Å². The summed E-state index contributed by atoms with van der Waals surface area (Å²) in [5, 5.41) is 2.95. The average molecular weight is 276 g/mol. The van der Waals surface area contributed by atoms with Crippen molar-refractivity contribution in [2.45, 2.75) is 45.2 Å². The lowest BCUT2D eigenvalue weighted by Crippen LogP contribution is -2.43. The minimum absolute atomic E-state index is 0.0125. The van der Waals surface area contributed by atoms with Gasteiger partial charge in [-0.25, -0.2) is 0 Å². The fraction of sp³-hybridized carbons (Fsp3) is 0.833. The molecule has 0 aliphatic rings. The molecule has 0 aliphatic carbocycles. The van der Waals surface area contributed by atoms with E-state index in [1.54, 1.807) is 0 Å². The standard InChI is InChI=1S/C12H24N2O3S/c1-5-12(2,3)14-10(15)8-18-7-6-9(13)11(16)17-4/h9H,5-8,13H2,1-4H3,(H,14,15). The van der Waals surface area contributed by atoms with Gasteiger partial charge in [0.2, 0.25) is 5.91 Å². The molecule has 0 saturated carbocycles. The molecule has 0 saturated heterocycles. The molecule has 0 aromatic carbocycles. The number of ether oxygens (including phenoxy) is 1. The highest BCUT2D eigenvalue weighted by atomic mass is 32.2. The van der Waals surface area contributed by atoms with Crippen LogP contribution in [0.5, 0.6) is 0 Å². The maximum absolute atomic E-state index is 11.6. The molecule has 0 aromatic rings. The van der Waals surface area contributed by atoms with Crippen LogP contribution in [0.3, 0.4) is 0 Å². The van der Waals surface area contributed by atoms with Crippen molar-refractivity contribution < 1.29 is 14.3 Å². The minimum atomic E-state index is -0.599. The molecular formula is C12H24N2O3S. The lowest BCUT2D eigenvalue weighted by atomic mass is 10.0. The lowest BCUT2D eigenvalue weighted by molar-refractivity contribution is -0.142. The molecule has 6 heteroatoms. The Labute approximate surface area is 113 Å². The molecule has 0 rings (SSSR count). The summed E-state index contributed by atoms with van der Waals surface area (Å²) in [6.45, 7) is 6.01. The fourth-order valence-corrected chi connectivity index (χ4v) is 1.97. The SMILES string of the molecule is CCC(C)(C)NC(=O)CSCCC(N)C(=O)OC. The minimum Gasteiger partial charge on any atom is -0.468 e. The van der Waals surface area contributed by atoms with Crippen molar-refractivity contribution in [2.75, 3.05) is 18.6 Å². The number of thioether (sulfide) groups is 1. The van der Waals surface area contributed by atoms with Gasteiger partial charge in [-0.1, -0.05) is 6.92 Å². The zero-order valence-electron chi connectivity index (χ0n) is 11.6. The smallest absolute Gasteiger partial charge is 0.322 e. The number of nitrogens with one attached hydrogen (secondary N) is 1. The third-order valence-corrected chi connectivity index (χ3v) is 3.66. The molecule has 3 N–H and O–H groups in total. The maximum Gasteiger partial charge on any atom is 0.322 e. The van der Waals surface area contributed by atoms with Gasteiger partial charge < -0.3 is 15.8 Å². The zero-order valence-corrected chi connectivity index (χ0v) is 12.4. The fourth-order valence-electron chi connectivity index (χ4n) is 1.15. The molecule has 5 nitrogen and oxygen atoms in total. The van der Waals surface area contributed by atoms with E-state index in [1.165, 1.54) is 18.9 Å². The Kier molecular flexibility index (Phi) is 8.02. The number of amides is 1. The van der Waals surface area contributed by atoms with Gasteiger partial charge in [-0.15, -0.1) is 0 Å². The third-order valence-electron chi connectivity index (χ3n) is 2.67. The Morgan fingerprint density at radius 2 is 2.06 bits per heavy atom. The quantitative estimate of drug-likeness (QED) is 0.509. The van der Waals surface area contributed by atoms with Gasteiger partial charge in [-0.2, -0.15) is 11.8 Å². The van der Waals surface area contributed by atoms with Gasteiger partial charge in [0.15, 0.2) is 0 Å². The number of carbonyl (C=O) groups is 2. The number of hydrogen-bond acceptors (Lipinski definition) is 5. The van der Waals surface area contributed by atoms with Crippen LogP contribution in [-0.2, 0) is 14.3 Å². The van der Waals surface area contributed by atoms with Crippen molar-refractivity contribution >= 4 is 23.6 Å². The molecule has 0 spiro atoms. The first-order valence-electron chi connectivity index (χ1n) is 6.04. The molecule has 0 radical (unpaired) electrons. The van der Waals surface area contributed by atoms with E-state index in [0.717, 1.165) is 6.42 Å². The van der Waals surface area contributed by atoms with Crippen molar-refractivity contribution in [3.05, 3.63) is 0 Å². The van der Waals surface area contributed by atoms with Gasteiger partial charge in [0.1, 0.15) is 6.04 Å². The van der Waals surface area contributed by atoms with Gasteiger partial charge in [0, 0.05) is 5.54 Å². The Morgan fingerprint density at radius 1 is 1.44 bits per heavy atom. The van der Waals surface area contributed by atoms with Gasteiger partial charge in [-0.05, 0) is 32.4 Å². The van der Waals surface area contributed by atoms with Crippen LogP contribution in [0.4, 0.5) is 0 Å². The van der Waals surface area contributed by atoms with Crippen LogP contribution in [0.1, 0.15) is 33.6 Å². The van der Waals surface area contributed by atoms with Crippen LogP contribution >= 0.6 is 11.8 Å². The Bertz CT molecular complexity index is 282. The maximum atomic E-state index is 11.6. The van der Waals surface area contributed by atoms with E-state index in [1.807, 2.05) is 20.8 Å². The molecule has 0 bridgehead atoms. The van der Waals surface area contributed by atoms with Crippen molar-refractivity contribution in [3.63, 3.8) is 0 Å². The van der Waals surface area contributed by atoms with Crippen LogP contribution in [0.2, 0.25) is 0 Å². The largest absolute Gasteiger partial charge is 0.468 e. The predicted molar refractivity (Wildman–Crippen MR) is 74.4 cm³/mol. The normalized spacial score (nSPS) is 12.9. The Morgan fingerprint density at radius 3 is 2.56 bits per heavy atom. The van der Waals surface area contributed by atoms with Crippen LogP contribution in [0, 0.1) is 0 Å². The summed E-state index contributed by atoms with van der Waals surface area (Å²) in [5.41, 5.74) is 5.41. The van der Waals surface area contributed by atoms with E-state index in [2.05, 4.69) is 10.1 Å². The zero-order chi connectivity index (χ0) is 14.2. The van der Waals surface area contributed by atoms with Crippen molar-refractivity contribution in [3.8, 4) is 0 Å². The third kappa shape index (κ3) is 7.55. The molecular weight excluding hydrogens is 252 g/mol. The molecule has 0 heterocycles. The highest BCUT2D eigenvalue weighted by molar-refractivity contribution is 7.99. The highest BCUT2D eigenvalue weighted by Gasteiger charge is 2.18. The van der Waals surface area contributed by atoms with Crippen molar-refractivity contribution in [2.24, 2.45) is 5.73 Å². The van der Waals surface area contributed by atoms with E-state index in [0.29, 0.717) is 17.9 Å². The van der Waals surface area contributed by atoms with E-state index < -0.39 is 12.0 Å². The Balaban J connectivity index is 3.73. The van der Waals surface area contributed by atoms with Crippen molar-refractivity contribution in [1.29, 1.82) is 0 Å². The second-order valence-corrected chi connectivity index (χ2v) is 5.86. The average Bonchev–Trinajstić information content (AvgIpc) is 2.32. The number of carbonyl (C=O) groups excluding carboxylic acids is 2. The first-order valence-corrected chi connectivity index (χ1v) is 7.20. The van der Waals surface area contributed by atoms with Gasteiger partial charge in [-0.3, -0.25) is 9.59 Å². The molecule has 1 atom stereocenters. The number of hydrogen-bond donors (Lipinski definition) is 2. The summed E-state index contributed by atoms with van der Waals surface area (Å²) < 4.78 is 4.52. The summed E-state index contributed by atoms with van der Waals surface area (Å²) in [6, 6.07) is -0.599. The number of esters is 1. The first kappa shape index (κ1) is 17.2.